The van der Waals surface area contributed by atoms with E-state index in [0.717, 1.165) is 25.7 Å². The molecule has 4 bridgehead atoms. The van der Waals surface area contributed by atoms with E-state index in [1.807, 2.05) is 20.8 Å². The van der Waals surface area contributed by atoms with Crippen molar-refractivity contribution in [1.82, 2.24) is 0 Å². The van der Waals surface area contributed by atoms with Gasteiger partial charge in [0.25, 0.3) is 0 Å². The number of ketones is 1. The van der Waals surface area contributed by atoms with Crippen LogP contribution in [0.1, 0.15) is 74.1 Å². The van der Waals surface area contributed by atoms with Crippen molar-refractivity contribution in [2.24, 2.45) is 29.6 Å². The average Bonchev–Trinajstić information content (AvgIpc) is 3.14. The van der Waals surface area contributed by atoms with Crippen LogP contribution in [0, 0.1) is 29.6 Å². The van der Waals surface area contributed by atoms with Gasteiger partial charge in [0.05, 0.1) is 18.3 Å². The van der Waals surface area contributed by atoms with Crippen molar-refractivity contribution >= 4 is 5.78 Å². The van der Waals surface area contributed by atoms with E-state index in [-0.39, 0.29) is 35.2 Å². The van der Waals surface area contributed by atoms with Crippen LogP contribution >= 0.6 is 0 Å². The molecule has 0 saturated carbocycles. The number of rotatable bonds is 0. The first-order valence-electron chi connectivity index (χ1n) is 13.2. The van der Waals surface area contributed by atoms with Gasteiger partial charge >= 0.3 is 0 Å². The standard InChI is InChI=1S/C29H42O6/c1-14-8-9-22-18(5)24(30)19(6)28(34-22)23-21-13-29(33,17(4)12-16(3)11-15(2)10-14)35-27(21)20(7)25(31)26(23)32/h10,13-14,16-19,22,24,28,30,32-33H,8-9,11-12H2,1-7H3/b15-10+/t14-,16+,17-,18-,19+,22+,24-,28+,29+/m0/s1/i13+1,28+1. The van der Waals surface area contributed by atoms with Crippen LogP contribution in [0.3, 0.4) is 0 Å². The van der Waals surface area contributed by atoms with E-state index in [0.29, 0.717) is 28.7 Å². The Bertz CT molecular complexity index is 1000. The molecule has 1 fully saturated rings. The zero-order chi connectivity index (χ0) is 25.8. The monoisotopic (exact) mass is 488 g/mol. The normalized spacial score (nSPS) is 44.5. The number of hydrogen-bond acceptors (Lipinski definition) is 6. The minimum atomic E-state index is -1.60. The molecule has 194 valence electrons. The molecule has 9 atom stereocenters. The highest BCUT2D eigenvalue weighted by molar-refractivity contribution is 6.10. The Morgan fingerprint density at radius 2 is 1.74 bits per heavy atom. The largest absolute Gasteiger partial charge is 0.504 e. The van der Waals surface area contributed by atoms with Crippen molar-refractivity contribution in [2.45, 2.75) is 98.2 Å². The number of aliphatic hydroxyl groups excluding tert-OH is 2. The maximum Gasteiger partial charge on any atom is 0.231 e. The second-order valence-electron chi connectivity index (χ2n) is 11.8. The zero-order valence-corrected chi connectivity index (χ0v) is 22.2. The average molecular weight is 489 g/mol. The lowest BCUT2D eigenvalue weighted by atomic mass is 9.83. The molecule has 4 rings (SSSR count). The Morgan fingerprint density at radius 1 is 1.06 bits per heavy atom. The third-order valence-electron chi connectivity index (χ3n) is 8.66. The number of hydrogen-bond donors (Lipinski definition) is 3. The number of ether oxygens (including phenoxy) is 2. The van der Waals surface area contributed by atoms with Crippen molar-refractivity contribution in [2.75, 3.05) is 0 Å². The maximum atomic E-state index is 13.0. The van der Waals surface area contributed by atoms with Crippen LogP contribution in [-0.2, 0) is 14.3 Å². The van der Waals surface area contributed by atoms with Gasteiger partial charge in [-0.1, -0.05) is 46.3 Å². The van der Waals surface area contributed by atoms with Crippen molar-refractivity contribution in [3.05, 3.63) is 46.0 Å². The Balaban J connectivity index is 1.83. The van der Waals surface area contributed by atoms with E-state index in [4.69, 9.17) is 9.47 Å². The molecule has 1 saturated heterocycles. The lowest BCUT2D eigenvalue weighted by molar-refractivity contribution is -0.164. The highest BCUT2D eigenvalue weighted by atomic mass is 16.6. The highest BCUT2D eigenvalue weighted by Crippen LogP contribution is 2.49. The minimum Gasteiger partial charge on any atom is -0.504 e. The summed E-state index contributed by atoms with van der Waals surface area (Å²) in [5, 5.41) is 33.8. The molecule has 3 N–H and O–H groups in total. The molecular weight excluding hydrogens is 446 g/mol. The summed E-state index contributed by atoms with van der Waals surface area (Å²) in [6, 6.07) is 0. The van der Waals surface area contributed by atoms with E-state index in [1.165, 1.54) is 5.57 Å². The summed E-state index contributed by atoms with van der Waals surface area (Å²) in [5.74, 6) is -2.16. The second-order valence-corrected chi connectivity index (χ2v) is 11.8. The van der Waals surface area contributed by atoms with E-state index in [9.17, 15) is 20.1 Å². The zero-order valence-electron chi connectivity index (χ0n) is 22.2. The lowest BCUT2D eigenvalue weighted by Gasteiger charge is -2.44. The minimum absolute atomic E-state index is 0.0815. The molecule has 0 aromatic heterocycles. The molecular formula is C29H42O6. The molecule has 0 unspecified atom stereocenters. The third-order valence-corrected chi connectivity index (χ3v) is 8.66. The fourth-order valence-electron chi connectivity index (χ4n) is 6.51. The summed E-state index contributed by atoms with van der Waals surface area (Å²) < 4.78 is 12.7. The van der Waals surface area contributed by atoms with Gasteiger partial charge in [0.15, 0.2) is 5.76 Å². The van der Waals surface area contributed by atoms with Crippen LogP contribution in [0.2, 0.25) is 0 Å². The number of aliphatic hydroxyl groups is 3. The van der Waals surface area contributed by atoms with Crippen molar-refractivity contribution in [3.8, 4) is 0 Å². The van der Waals surface area contributed by atoms with Gasteiger partial charge in [-0.2, -0.15) is 0 Å². The topological polar surface area (TPSA) is 96.2 Å². The quantitative estimate of drug-likeness (QED) is 0.323. The number of carbonyl (C=O) groups excluding carboxylic acids is 1. The predicted octanol–water partition coefficient (Wildman–Crippen LogP) is 5.13. The van der Waals surface area contributed by atoms with Crippen molar-refractivity contribution in [3.63, 3.8) is 0 Å². The van der Waals surface area contributed by atoms with E-state index in [1.54, 1.807) is 13.0 Å². The highest BCUT2D eigenvalue weighted by Gasteiger charge is 2.51. The summed E-state index contributed by atoms with van der Waals surface area (Å²) in [7, 11) is 0. The van der Waals surface area contributed by atoms with Crippen molar-refractivity contribution < 1.29 is 29.6 Å². The predicted molar refractivity (Wildman–Crippen MR) is 134 cm³/mol. The van der Waals surface area contributed by atoms with Crippen molar-refractivity contribution in [1.29, 1.82) is 0 Å². The van der Waals surface area contributed by atoms with Crippen LogP contribution in [0.25, 0.3) is 0 Å². The Kier molecular flexibility index (Phi) is 7.13. The number of Topliss-reactive ketones (excluding diaryl/α,β-unsaturated/α-hetero) is 1. The van der Waals surface area contributed by atoms with E-state index in [2.05, 4.69) is 26.8 Å². The van der Waals surface area contributed by atoms with Gasteiger partial charge in [-0.25, -0.2) is 0 Å². The first-order chi connectivity index (χ1) is 16.3. The molecule has 3 aliphatic heterocycles. The summed E-state index contributed by atoms with van der Waals surface area (Å²) >= 11 is 0. The van der Waals surface area contributed by atoms with Gasteiger partial charge in [-0.05, 0) is 57.4 Å². The molecule has 0 amide bonds. The second kappa shape index (κ2) is 9.53. The number of allylic oxidation sites excluding steroid dienone is 4. The molecule has 6 heteroatoms. The Labute approximate surface area is 209 Å². The first kappa shape index (κ1) is 26.2. The van der Waals surface area contributed by atoms with E-state index >= 15 is 0 Å². The number of carbonyl (C=O) groups is 1. The molecule has 35 heavy (non-hydrogen) atoms. The smallest absolute Gasteiger partial charge is 0.231 e. The van der Waals surface area contributed by atoms with Crippen LogP contribution in [0.4, 0.5) is 0 Å². The molecule has 4 aliphatic rings. The fourth-order valence-corrected chi connectivity index (χ4v) is 6.51. The third kappa shape index (κ3) is 4.65. The van der Waals surface area contributed by atoms with E-state index < -0.39 is 23.8 Å². The Morgan fingerprint density at radius 3 is 2.43 bits per heavy atom. The summed E-state index contributed by atoms with van der Waals surface area (Å²) in [6.45, 7) is 14.0. The van der Waals surface area contributed by atoms with Gasteiger partial charge in [0.1, 0.15) is 5.76 Å². The molecule has 6 nitrogen and oxygen atoms in total. The molecule has 1 aliphatic carbocycles. The molecule has 0 spiro atoms. The van der Waals surface area contributed by atoms with Crippen LogP contribution in [-0.4, -0.2) is 45.2 Å². The lowest BCUT2D eigenvalue weighted by Crippen LogP contribution is -2.50. The van der Waals surface area contributed by atoms with Crippen LogP contribution < -0.4 is 0 Å². The molecule has 3 heterocycles. The van der Waals surface area contributed by atoms with Crippen LogP contribution in [0.15, 0.2) is 46.0 Å². The van der Waals surface area contributed by atoms with Gasteiger partial charge in [0.2, 0.25) is 11.6 Å². The SMILES string of the molecule is CC1=C2O[C@]3(O)[13CH]=C2C(=C(O)C1=O)[13C@@H]1O[C@H](CC[C@H](C)/C=C(\C)C[C@@H](C)C[C@@H]3C)[C@H](C)[C@H](O)[C@H]1C. The summed E-state index contributed by atoms with van der Waals surface area (Å²) in [4.78, 5) is 13.0. The number of fused-ring (bicyclic) bond motifs is 4. The van der Waals surface area contributed by atoms with Gasteiger partial charge in [-0.3, -0.25) is 4.79 Å². The van der Waals surface area contributed by atoms with Gasteiger partial charge in [-0.15, -0.1) is 0 Å². The van der Waals surface area contributed by atoms with Crippen LogP contribution in [0.5, 0.6) is 0 Å². The Hall–Kier alpha value is -1.89. The molecule has 0 radical (unpaired) electrons. The van der Waals surface area contributed by atoms with Gasteiger partial charge < -0.3 is 24.8 Å². The van der Waals surface area contributed by atoms with Gasteiger partial charge in [0, 0.05) is 34.5 Å². The maximum absolute atomic E-state index is 13.0. The molecule has 0 aromatic rings. The summed E-state index contributed by atoms with van der Waals surface area (Å²) in [6.07, 6.45) is 5.76. The molecule has 0 aromatic carbocycles. The fraction of sp³-hybridized carbons (Fsp3) is 0.690. The summed E-state index contributed by atoms with van der Waals surface area (Å²) in [5.41, 5.74) is 2.44. The first-order valence-corrected chi connectivity index (χ1v) is 13.2.